The summed E-state index contributed by atoms with van der Waals surface area (Å²) in [5.41, 5.74) is 0.914. The normalized spacial score (nSPS) is 21.6. The van der Waals surface area contributed by atoms with Crippen molar-refractivity contribution in [2.24, 2.45) is 5.92 Å². The number of amides is 2. The van der Waals surface area contributed by atoms with Gasteiger partial charge in [0, 0.05) is 37.5 Å². The van der Waals surface area contributed by atoms with E-state index in [1.807, 2.05) is 54.4 Å². The lowest BCUT2D eigenvalue weighted by atomic mass is 10.0. The monoisotopic (exact) mass is 351 g/mol. The van der Waals surface area contributed by atoms with Gasteiger partial charge >= 0.3 is 0 Å². The molecular weight excluding hydrogens is 326 g/mol. The minimum absolute atomic E-state index is 0.0461. The molecule has 1 N–H and O–H groups in total. The van der Waals surface area contributed by atoms with E-state index in [9.17, 15) is 9.59 Å². The summed E-state index contributed by atoms with van der Waals surface area (Å²) in [7, 11) is 1.97. The van der Waals surface area contributed by atoms with Crippen LogP contribution in [0.5, 0.6) is 0 Å². The molecule has 0 spiro atoms. The van der Waals surface area contributed by atoms with Gasteiger partial charge in [0.25, 0.3) is 0 Å². The van der Waals surface area contributed by atoms with Gasteiger partial charge in [-0.2, -0.15) is 0 Å². The van der Waals surface area contributed by atoms with E-state index < -0.39 is 0 Å². The van der Waals surface area contributed by atoms with Gasteiger partial charge in [-0.25, -0.2) is 0 Å². The highest BCUT2D eigenvalue weighted by Gasteiger charge is 2.38. The van der Waals surface area contributed by atoms with E-state index in [-0.39, 0.29) is 17.7 Å². The minimum Gasteiger partial charge on any atom is -0.342 e. The fourth-order valence-corrected chi connectivity index (χ4v) is 4.20. The van der Waals surface area contributed by atoms with Gasteiger partial charge < -0.3 is 15.1 Å². The van der Waals surface area contributed by atoms with Gasteiger partial charge in [0.05, 0.1) is 11.6 Å². The Hall–Kier alpha value is -2.40. The second-order valence-electron chi connectivity index (χ2n) is 7.29. The maximum absolute atomic E-state index is 12.9. The largest absolute Gasteiger partial charge is 0.342 e. The molecule has 26 heavy (non-hydrogen) atoms. The van der Waals surface area contributed by atoms with Crippen LogP contribution in [0.15, 0.2) is 42.5 Å². The standard InChI is InChI=1S/C21H25N3O2/c1-22-17-9-11-23(12-10-17)21(26)16-13-20(25)24(14-16)19-8-4-6-15-5-2-3-7-18(15)19/h2-8,16-17,22H,9-14H2,1H3. The Morgan fingerprint density at radius 1 is 1.08 bits per heavy atom. The number of hydrogen-bond acceptors (Lipinski definition) is 3. The minimum atomic E-state index is -0.229. The maximum Gasteiger partial charge on any atom is 0.228 e. The highest BCUT2D eigenvalue weighted by atomic mass is 16.2. The fourth-order valence-electron chi connectivity index (χ4n) is 4.20. The molecule has 1 unspecified atom stereocenters. The number of fused-ring (bicyclic) bond motifs is 1. The Bertz CT molecular complexity index is 822. The van der Waals surface area contributed by atoms with Crippen LogP contribution in [0.1, 0.15) is 19.3 Å². The van der Waals surface area contributed by atoms with Crippen molar-refractivity contribution in [3.63, 3.8) is 0 Å². The molecule has 5 heteroatoms. The third kappa shape index (κ3) is 3.07. The first kappa shape index (κ1) is 17.0. The summed E-state index contributed by atoms with van der Waals surface area (Å²) in [5, 5.41) is 5.46. The first-order chi connectivity index (χ1) is 12.7. The van der Waals surface area contributed by atoms with E-state index in [1.165, 1.54) is 0 Å². The molecule has 0 aliphatic carbocycles. The van der Waals surface area contributed by atoms with E-state index in [1.54, 1.807) is 4.90 Å². The van der Waals surface area contributed by atoms with Crippen molar-refractivity contribution >= 4 is 28.3 Å². The highest BCUT2D eigenvalue weighted by molar-refractivity contribution is 6.07. The van der Waals surface area contributed by atoms with Crippen LogP contribution in [0.25, 0.3) is 10.8 Å². The van der Waals surface area contributed by atoms with Crippen LogP contribution in [0.4, 0.5) is 5.69 Å². The lowest BCUT2D eigenvalue weighted by Gasteiger charge is -2.33. The van der Waals surface area contributed by atoms with Gasteiger partial charge in [-0.05, 0) is 31.3 Å². The molecule has 0 aromatic heterocycles. The summed E-state index contributed by atoms with van der Waals surface area (Å²) in [6.45, 7) is 2.05. The Kier molecular flexibility index (Phi) is 4.64. The molecule has 136 valence electrons. The van der Waals surface area contributed by atoms with Crippen molar-refractivity contribution in [3.05, 3.63) is 42.5 Å². The Morgan fingerprint density at radius 2 is 1.81 bits per heavy atom. The lowest BCUT2D eigenvalue weighted by molar-refractivity contribution is -0.136. The third-order valence-electron chi connectivity index (χ3n) is 5.75. The quantitative estimate of drug-likeness (QED) is 0.924. The van der Waals surface area contributed by atoms with E-state index in [0.29, 0.717) is 19.0 Å². The van der Waals surface area contributed by atoms with Crippen LogP contribution >= 0.6 is 0 Å². The van der Waals surface area contributed by atoms with E-state index in [4.69, 9.17) is 0 Å². The number of nitrogens with one attached hydrogen (secondary N) is 1. The van der Waals surface area contributed by atoms with E-state index in [0.717, 1.165) is 42.4 Å². The Balaban J connectivity index is 1.51. The molecular formula is C21H25N3O2. The molecule has 2 fully saturated rings. The van der Waals surface area contributed by atoms with Crippen molar-refractivity contribution in [1.29, 1.82) is 0 Å². The molecule has 2 aromatic rings. The number of benzene rings is 2. The lowest BCUT2D eigenvalue weighted by Crippen LogP contribution is -2.46. The number of carbonyl (C=O) groups excluding carboxylic acids is 2. The van der Waals surface area contributed by atoms with Crippen LogP contribution in [0.2, 0.25) is 0 Å². The molecule has 2 aliphatic rings. The van der Waals surface area contributed by atoms with E-state index >= 15 is 0 Å². The first-order valence-electron chi connectivity index (χ1n) is 9.41. The van der Waals surface area contributed by atoms with Crippen molar-refractivity contribution in [1.82, 2.24) is 10.2 Å². The average Bonchev–Trinajstić information content (AvgIpc) is 3.08. The Morgan fingerprint density at radius 3 is 2.58 bits per heavy atom. The van der Waals surface area contributed by atoms with Crippen LogP contribution in [-0.4, -0.2) is 49.4 Å². The van der Waals surface area contributed by atoms with Crippen LogP contribution in [0.3, 0.4) is 0 Å². The maximum atomic E-state index is 12.9. The van der Waals surface area contributed by atoms with Crippen LogP contribution < -0.4 is 10.2 Å². The molecule has 0 saturated carbocycles. The number of rotatable bonds is 3. The molecule has 0 bridgehead atoms. The molecule has 2 heterocycles. The van der Waals surface area contributed by atoms with Gasteiger partial charge in [0.15, 0.2) is 0 Å². The van der Waals surface area contributed by atoms with Crippen molar-refractivity contribution in [2.75, 3.05) is 31.6 Å². The second kappa shape index (κ2) is 7.08. The summed E-state index contributed by atoms with van der Waals surface area (Å²) in [6, 6.07) is 14.6. The SMILES string of the molecule is CNC1CCN(C(=O)C2CC(=O)N(c3cccc4ccccc34)C2)CC1. The summed E-state index contributed by atoms with van der Waals surface area (Å²) in [4.78, 5) is 29.3. The van der Waals surface area contributed by atoms with Gasteiger partial charge in [0.2, 0.25) is 11.8 Å². The zero-order chi connectivity index (χ0) is 18.1. The van der Waals surface area contributed by atoms with Gasteiger partial charge in [-0.3, -0.25) is 9.59 Å². The summed E-state index contributed by atoms with van der Waals surface area (Å²) in [5.74, 6) is -0.0481. The number of piperidine rings is 1. The number of anilines is 1. The molecule has 2 aromatic carbocycles. The zero-order valence-electron chi connectivity index (χ0n) is 15.1. The predicted octanol–water partition coefficient (Wildman–Crippen LogP) is 2.40. The molecule has 0 radical (unpaired) electrons. The Labute approximate surface area is 154 Å². The first-order valence-corrected chi connectivity index (χ1v) is 9.41. The van der Waals surface area contributed by atoms with Crippen molar-refractivity contribution in [2.45, 2.75) is 25.3 Å². The molecule has 5 nitrogen and oxygen atoms in total. The summed E-state index contributed by atoms with van der Waals surface area (Å²) >= 11 is 0. The number of likely N-dealkylation sites (tertiary alicyclic amines) is 1. The number of carbonyl (C=O) groups is 2. The molecule has 1 atom stereocenters. The van der Waals surface area contributed by atoms with Gasteiger partial charge in [-0.1, -0.05) is 36.4 Å². The number of hydrogen-bond donors (Lipinski definition) is 1. The molecule has 2 amide bonds. The van der Waals surface area contributed by atoms with Gasteiger partial charge in [-0.15, -0.1) is 0 Å². The van der Waals surface area contributed by atoms with Crippen LogP contribution in [-0.2, 0) is 9.59 Å². The summed E-state index contributed by atoms with van der Waals surface area (Å²) < 4.78 is 0. The van der Waals surface area contributed by atoms with Crippen LogP contribution in [0, 0.1) is 5.92 Å². The van der Waals surface area contributed by atoms with Crippen molar-refractivity contribution in [3.8, 4) is 0 Å². The smallest absolute Gasteiger partial charge is 0.228 e. The second-order valence-corrected chi connectivity index (χ2v) is 7.29. The fraction of sp³-hybridized carbons (Fsp3) is 0.429. The highest BCUT2D eigenvalue weighted by Crippen LogP contribution is 2.32. The van der Waals surface area contributed by atoms with E-state index in [2.05, 4.69) is 5.32 Å². The molecule has 2 saturated heterocycles. The average molecular weight is 351 g/mol. The molecule has 2 aliphatic heterocycles. The predicted molar refractivity (Wildman–Crippen MR) is 103 cm³/mol. The van der Waals surface area contributed by atoms with Gasteiger partial charge in [0.1, 0.15) is 0 Å². The topological polar surface area (TPSA) is 52.7 Å². The summed E-state index contributed by atoms with van der Waals surface area (Å²) in [6.07, 6.45) is 2.28. The third-order valence-corrected chi connectivity index (χ3v) is 5.75. The molecule has 4 rings (SSSR count). The zero-order valence-corrected chi connectivity index (χ0v) is 15.1. The number of nitrogens with zero attached hydrogens (tertiary/aromatic N) is 2. The van der Waals surface area contributed by atoms with Crippen molar-refractivity contribution < 1.29 is 9.59 Å².